The zero-order valence-corrected chi connectivity index (χ0v) is 51.9. The summed E-state index contributed by atoms with van der Waals surface area (Å²) in [6.45, 7) is 67.3. The van der Waals surface area contributed by atoms with Crippen molar-refractivity contribution in [1.82, 2.24) is 0 Å². The third-order valence-electron chi connectivity index (χ3n) is 12.6. The van der Waals surface area contributed by atoms with Gasteiger partial charge in [-0.2, -0.15) is 0 Å². The summed E-state index contributed by atoms with van der Waals surface area (Å²) in [5, 5.41) is 2.97. The minimum atomic E-state index is -2.54. The fourth-order valence-corrected chi connectivity index (χ4v) is 60.1. The minimum absolute atomic E-state index is 0.240. The summed E-state index contributed by atoms with van der Waals surface area (Å²) in [7, 11) is -10.3. The number of hydrogen-bond acceptors (Lipinski definition) is 1. The molecule has 2 aromatic rings. The van der Waals surface area contributed by atoms with Crippen molar-refractivity contribution in [3.63, 3.8) is 0 Å². The first-order valence-electron chi connectivity index (χ1n) is 22.7. The molecule has 10 heteroatoms. The molecule has 1 unspecified atom stereocenters. The van der Waals surface area contributed by atoms with Crippen molar-refractivity contribution >= 4 is 82.7 Å². The second kappa shape index (κ2) is 19.5. The van der Waals surface area contributed by atoms with Gasteiger partial charge >= 0.3 is 378 Å². The van der Waals surface area contributed by atoms with E-state index in [1.165, 1.54) is 11.1 Å². The van der Waals surface area contributed by atoms with E-state index in [0.717, 1.165) is 10.8 Å². The van der Waals surface area contributed by atoms with Crippen LogP contribution in [0.1, 0.15) is 122 Å². The van der Waals surface area contributed by atoms with Gasteiger partial charge in [0.15, 0.2) is 0 Å². The van der Waals surface area contributed by atoms with E-state index >= 15 is 0 Å². The van der Waals surface area contributed by atoms with Crippen LogP contribution in [0.25, 0.3) is 0 Å². The average Bonchev–Trinajstić information content (AvgIpc) is 2.94. The summed E-state index contributed by atoms with van der Waals surface area (Å²) < 4.78 is 26.2. The van der Waals surface area contributed by atoms with Crippen molar-refractivity contribution in [1.29, 1.82) is 0 Å². The van der Waals surface area contributed by atoms with Gasteiger partial charge in [0.05, 0.1) is 0 Å². The molecule has 0 bridgehead atoms. The molecule has 1 N–H and O–H groups in total. The standard InChI is InChI=1S/C48H93GeO2SSi6/c1-33(2)38-27-40(34(3)4)44(41(28-38)35(5)6)49(31-36(7)37(8)32-52(50)51)45-42(47(55(15,16)17)56(18,19)20)29-39(46(53(9,10)11)54(12,13)14)30-43(45)48(57(21,22)23)58(24,25)26/h27-30,33-35,46-48H,31-32H2,1-26H3,(H,50,51)/b37-36-. The van der Waals surface area contributed by atoms with Gasteiger partial charge in [-0.15, -0.1) is 0 Å². The summed E-state index contributed by atoms with van der Waals surface area (Å²) in [5.41, 5.74) is 12.4. The van der Waals surface area contributed by atoms with Gasteiger partial charge in [-0.05, 0) is 0 Å². The van der Waals surface area contributed by atoms with Gasteiger partial charge in [0.25, 0.3) is 0 Å². The van der Waals surface area contributed by atoms with E-state index < -0.39 is 73.9 Å². The van der Waals surface area contributed by atoms with Gasteiger partial charge in [-0.1, -0.05) is 0 Å². The maximum atomic E-state index is 12.4. The van der Waals surface area contributed by atoms with Gasteiger partial charge < -0.3 is 0 Å². The molecule has 0 saturated heterocycles. The van der Waals surface area contributed by atoms with Crippen LogP contribution in [-0.4, -0.2) is 77.3 Å². The third kappa shape index (κ3) is 13.6. The summed E-state index contributed by atoms with van der Waals surface area (Å²) in [6.07, 6.45) is 0. The van der Waals surface area contributed by atoms with Crippen molar-refractivity contribution in [2.75, 3.05) is 5.75 Å². The van der Waals surface area contributed by atoms with Crippen molar-refractivity contribution < 1.29 is 8.76 Å². The molecule has 0 saturated carbocycles. The molecule has 0 amide bonds. The van der Waals surface area contributed by atoms with Gasteiger partial charge in [-0.25, -0.2) is 0 Å². The van der Waals surface area contributed by atoms with Crippen LogP contribution in [0.3, 0.4) is 0 Å². The predicted molar refractivity (Wildman–Crippen MR) is 287 cm³/mol. The molecular formula is C48H93GeO2SSi6. The SMILES string of the molecule is C/C(CS(=O)O)=C(\C)[CH2][Ge]([c]1c(C(C)C)cc(C(C)C)cc1C(C)C)[c]1c(C([Si](C)(C)C)[Si](C)(C)C)cc(C([Si](C)(C)C)[Si](C)(C)C)cc1C([Si](C)(C)C)[Si](C)(C)C. The maximum absolute atomic E-state index is 12.4. The van der Waals surface area contributed by atoms with Crippen LogP contribution in [0.4, 0.5) is 0 Å². The summed E-state index contributed by atoms with van der Waals surface area (Å²) in [4.78, 5) is 0. The van der Waals surface area contributed by atoms with E-state index in [-0.39, 0.29) is 5.75 Å². The van der Waals surface area contributed by atoms with Gasteiger partial charge in [0.1, 0.15) is 0 Å². The molecule has 331 valence electrons. The van der Waals surface area contributed by atoms with Crippen LogP contribution >= 0.6 is 0 Å². The Kier molecular flexibility index (Phi) is 18.2. The number of rotatable bonds is 18. The topological polar surface area (TPSA) is 37.3 Å². The van der Waals surface area contributed by atoms with E-state index in [2.05, 4.69) is 198 Å². The van der Waals surface area contributed by atoms with Gasteiger partial charge in [-0.3, -0.25) is 0 Å². The fraction of sp³-hybridized carbons (Fsp3) is 0.708. The molecule has 0 aliphatic heterocycles. The summed E-state index contributed by atoms with van der Waals surface area (Å²) >= 11 is -4.40. The molecule has 0 aliphatic carbocycles. The molecule has 1 radical (unpaired) electrons. The molecule has 1 atom stereocenters. The Morgan fingerprint density at radius 1 is 0.483 bits per heavy atom. The Morgan fingerprint density at radius 2 is 0.776 bits per heavy atom. The van der Waals surface area contributed by atoms with E-state index in [0.29, 0.717) is 33.2 Å². The zero-order valence-electron chi connectivity index (χ0n) is 43.0. The molecule has 0 fully saturated rings. The Hall–Kier alpha value is 0.134. The van der Waals surface area contributed by atoms with Crippen molar-refractivity contribution in [2.24, 2.45) is 0 Å². The van der Waals surface area contributed by atoms with Crippen molar-refractivity contribution in [3.8, 4) is 0 Å². The van der Waals surface area contributed by atoms with Crippen LogP contribution in [0.5, 0.6) is 0 Å². The van der Waals surface area contributed by atoms with Crippen LogP contribution < -0.4 is 8.79 Å². The van der Waals surface area contributed by atoms with E-state index in [9.17, 15) is 8.76 Å². The van der Waals surface area contributed by atoms with Crippen molar-refractivity contribution in [2.45, 2.75) is 212 Å². The number of benzene rings is 2. The Balaban J connectivity index is 3.83. The molecule has 0 aromatic heterocycles. The second-order valence-corrected chi connectivity index (χ2v) is 65.2. The Labute approximate surface area is 374 Å². The van der Waals surface area contributed by atoms with Crippen LogP contribution in [-0.2, 0) is 11.1 Å². The fourth-order valence-electron chi connectivity index (χ4n) is 11.8. The Bertz CT molecular complexity index is 1670. The first-order valence-corrected chi connectivity index (χ1v) is 49.0. The molecule has 0 spiro atoms. The summed E-state index contributed by atoms with van der Waals surface area (Å²) in [6, 6.07) is 11.1. The summed E-state index contributed by atoms with van der Waals surface area (Å²) in [5.74, 6) is 1.53. The monoisotopic (exact) mass is 975 g/mol. The van der Waals surface area contributed by atoms with Crippen LogP contribution in [0.15, 0.2) is 35.4 Å². The molecule has 0 heterocycles. The number of hydrogen-bond donors (Lipinski definition) is 1. The molecular weight excluding hydrogens is 882 g/mol. The normalized spacial score (nSPS) is 15.3. The zero-order chi connectivity index (χ0) is 45.6. The second-order valence-electron chi connectivity index (χ2n) is 25.8. The van der Waals surface area contributed by atoms with Crippen LogP contribution in [0, 0.1) is 0 Å². The quantitative estimate of drug-likeness (QED) is 0.0918. The molecule has 0 aliphatic rings. The average molecular weight is 975 g/mol. The third-order valence-corrected chi connectivity index (χ3v) is 48.0. The van der Waals surface area contributed by atoms with E-state index in [4.69, 9.17) is 0 Å². The molecule has 2 rings (SSSR count). The molecule has 2 aromatic carbocycles. The van der Waals surface area contributed by atoms with E-state index in [1.54, 1.807) is 32.2 Å². The van der Waals surface area contributed by atoms with Crippen LogP contribution in [0.2, 0.25) is 123 Å². The van der Waals surface area contributed by atoms with Gasteiger partial charge in [0, 0.05) is 0 Å². The number of allylic oxidation sites excluding steroid dienone is 1. The Morgan fingerprint density at radius 3 is 1.03 bits per heavy atom. The predicted octanol–water partition coefficient (Wildman–Crippen LogP) is 14.7. The van der Waals surface area contributed by atoms with Crippen molar-refractivity contribution in [3.05, 3.63) is 68.8 Å². The van der Waals surface area contributed by atoms with E-state index in [1.807, 2.05) is 4.40 Å². The first kappa shape index (κ1) is 54.3. The first-order chi connectivity index (χ1) is 25.7. The molecule has 58 heavy (non-hydrogen) atoms. The molecule has 2 nitrogen and oxygen atoms in total. The van der Waals surface area contributed by atoms with Gasteiger partial charge in [0.2, 0.25) is 0 Å².